The number of amides is 2. The monoisotopic (exact) mass is 583 g/mol. The van der Waals surface area contributed by atoms with Gasteiger partial charge in [0, 0.05) is 23.7 Å². The summed E-state index contributed by atoms with van der Waals surface area (Å²) in [6, 6.07) is 20.7. The zero-order valence-corrected chi connectivity index (χ0v) is 24.2. The second-order valence-electron chi connectivity index (χ2n) is 9.84. The van der Waals surface area contributed by atoms with Gasteiger partial charge >= 0.3 is 0 Å². The quantitative estimate of drug-likeness (QED) is 0.342. The summed E-state index contributed by atoms with van der Waals surface area (Å²) in [5, 5.41) is 3.56. The van der Waals surface area contributed by atoms with Crippen LogP contribution in [0.25, 0.3) is 0 Å². The van der Waals surface area contributed by atoms with Gasteiger partial charge in [-0.3, -0.25) is 13.9 Å². The highest BCUT2D eigenvalue weighted by atomic mass is 35.5. The molecule has 0 spiro atoms. The Hall–Kier alpha value is -3.56. The lowest BCUT2D eigenvalue weighted by atomic mass is 10.1. The fourth-order valence-electron chi connectivity index (χ4n) is 4.82. The van der Waals surface area contributed by atoms with Crippen molar-refractivity contribution in [3.63, 3.8) is 0 Å². The Bertz CT molecular complexity index is 1430. The molecule has 0 aliphatic heterocycles. The molecule has 1 aliphatic rings. The van der Waals surface area contributed by atoms with Gasteiger partial charge in [-0.2, -0.15) is 0 Å². The van der Waals surface area contributed by atoms with E-state index in [0.717, 1.165) is 35.6 Å². The third kappa shape index (κ3) is 7.14. The lowest BCUT2D eigenvalue weighted by molar-refractivity contribution is -0.139. The fraction of sp³-hybridized carbons (Fsp3) is 0.333. The number of carbonyl (C=O) groups is 2. The molecule has 40 heavy (non-hydrogen) atoms. The first-order valence-electron chi connectivity index (χ1n) is 13.2. The molecule has 0 unspecified atom stereocenters. The number of sulfonamides is 1. The number of halogens is 1. The number of hydrogen-bond acceptors (Lipinski definition) is 5. The second kappa shape index (κ2) is 13.2. The van der Waals surface area contributed by atoms with Crippen molar-refractivity contribution in [1.29, 1.82) is 0 Å². The van der Waals surface area contributed by atoms with Crippen LogP contribution in [0.1, 0.15) is 38.2 Å². The summed E-state index contributed by atoms with van der Waals surface area (Å²) in [5.41, 5.74) is 0.988. The van der Waals surface area contributed by atoms with Gasteiger partial charge in [-0.25, -0.2) is 8.42 Å². The standard InChI is InChI=1S/C30H34ClN3O5S/c1-22(30(36)32-25-12-6-7-13-25)33(20-23-10-8-11-24(31)18-23)29(35)21-34(26-14-9-15-27(19-26)39-2)40(37,38)28-16-4-3-5-17-28/h3-5,8-11,14-19,22,25H,6-7,12-13,20-21H2,1-2H3,(H,32,36)/t22-/m1/s1. The van der Waals surface area contributed by atoms with Gasteiger partial charge < -0.3 is 15.0 Å². The van der Waals surface area contributed by atoms with Crippen molar-refractivity contribution in [2.45, 2.75) is 56.1 Å². The number of hydrogen-bond donors (Lipinski definition) is 1. The first kappa shape index (κ1) is 29.4. The van der Waals surface area contributed by atoms with E-state index in [1.165, 1.54) is 24.1 Å². The summed E-state index contributed by atoms with van der Waals surface area (Å²) >= 11 is 6.20. The van der Waals surface area contributed by atoms with Gasteiger partial charge in [-0.05, 0) is 61.7 Å². The zero-order chi connectivity index (χ0) is 28.7. The molecule has 212 valence electrons. The van der Waals surface area contributed by atoms with Crippen LogP contribution in [0.4, 0.5) is 5.69 Å². The maximum absolute atomic E-state index is 14.0. The van der Waals surface area contributed by atoms with Gasteiger partial charge in [0.25, 0.3) is 10.0 Å². The van der Waals surface area contributed by atoms with E-state index >= 15 is 0 Å². The van der Waals surface area contributed by atoms with Gasteiger partial charge in [0.15, 0.2) is 0 Å². The van der Waals surface area contributed by atoms with Crippen LogP contribution in [-0.2, 0) is 26.2 Å². The number of benzene rings is 3. The Morgan fingerprint density at radius 1 is 1.00 bits per heavy atom. The van der Waals surface area contributed by atoms with E-state index in [2.05, 4.69) is 5.32 Å². The van der Waals surface area contributed by atoms with Crippen molar-refractivity contribution in [2.24, 2.45) is 0 Å². The molecule has 1 N–H and O–H groups in total. The maximum Gasteiger partial charge on any atom is 0.264 e. The minimum absolute atomic E-state index is 0.0408. The van der Waals surface area contributed by atoms with E-state index in [0.29, 0.717) is 10.8 Å². The zero-order valence-electron chi connectivity index (χ0n) is 22.6. The van der Waals surface area contributed by atoms with Crippen molar-refractivity contribution in [2.75, 3.05) is 18.0 Å². The normalized spacial score (nSPS) is 14.4. The molecule has 4 rings (SSSR count). The van der Waals surface area contributed by atoms with Crippen molar-refractivity contribution >= 4 is 39.1 Å². The highest BCUT2D eigenvalue weighted by Gasteiger charge is 2.33. The molecule has 0 radical (unpaired) electrons. The SMILES string of the molecule is COc1cccc(N(CC(=O)N(Cc2cccc(Cl)c2)[C@H](C)C(=O)NC2CCCC2)S(=O)(=O)c2ccccc2)c1. The third-order valence-corrected chi connectivity index (χ3v) is 9.09. The lowest BCUT2D eigenvalue weighted by Crippen LogP contribution is -2.52. The van der Waals surface area contributed by atoms with E-state index in [9.17, 15) is 18.0 Å². The Morgan fingerprint density at radius 2 is 1.70 bits per heavy atom. The molecule has 3 aromatic rings. The largest absolute Gasteiger partial charge is 0.497 e. The summed E-state index contributed by atoms with van der Waals surface area (Å²) < 4.78 is 34.1. The van der Waals surface area contributed by atoms with E-state index in [1.54, 1.807) is 67.6 Å². The summed E-state index contributed by atoms with van der Waals surface area (Å²) in [7, 11) is -2.66. The molecule has 1 aliphatic carbocycles. The van der Waals surface area contributed by atoms with E-state index in [4.69, 9.17) is 16.3 Å². The molecule has 1 saturated carbocycles. The number of anilines is 1. The molecule has 1 atom stereocenters. The molecule has 10 heteroatoms. The lowest BCUT2D eigenvalue weighted by Gasteiger charge is -2.32. The minimum atomic E-state index is -4.14. The minimum Gasteiger partial charge on any atom is -0.497 e. The van der Waals surface area contributed by atoms with Crippen LogP contribution in [0.15, 0.2) is 83.8 Å². The summed E-state index contributed by atoms with van der Waals surface area (Å²) in [6.45, 7) is 1.22. The predicted octanol–water partition coefficient (Wildman–Crippen LogP) is 5.02. The van der Waals surface area contributed by atoms with Crippen LogP contribution in [0.2, 0.25) is 5.02 Å². The van der Waals surface area contributed by atoms with Crippen LogP contribution in [0, 0.1) is 0 Å². The molecule has 0 heterocycles. The number of methoxy groups -OCH3 is 1. The van der Waals surface area contributed by atoms with E-state index < -0.39 is 28.5 Å². The number of ether oxygens (including phenoxy) is 1. The summed E-state index contributed by atoms with van der Waals surface area (Å²) in [6.07, 6.45) is 3.91. The van der Waals surface area contributed by atoms with Crippen molar-refractivity contribution in [3.8, 4) is 5.75 Å². The number of nitrogens with zero attached hydrogens (tertiary/aromatic N) is 2. The summed E-state index contributed by atoms with van der Waals surface area (Å²) in [5.74, 6) is -0.365. The molecule has 8 nitrogen and oxygen atoms in total. The smallest absolute Gasteiger partial charge is 0.264 e. The second-order valence-corrected chi connectivity index (χ2v) is 12.1. The Morgan fingerprint density at radius 3 is 2.38 bits per heavy atom. The molecular weight excluding hydrogens is 550 g/mol. The van der Waals surface area contributed by atoms with Crippen LogP contribution < -0.4 is 14.4 Å². The first-order valence-corrected chi connectivity index (χ1v) is 15.1. The molecule has 0 saturated heterocycles. The van der Waals surface area contributed by atoms with Crippen LogP contribution in [0.3, 0.4) is 0 Å². The van der Waals surface area contributed by atoms with E-state index in [1.807, 2.05) is 6.07 Å². The molecule has 2 amide bonds. The van der Waals surface area contributed by atoms with Crippen LogP contribution >= 0.6 is 11.6 Å². The maximum atomic E-state index is 14.0. The third-order valence-electron chi connectivity index (χ3n) is 7.06. The van der Waals surface area contributed by atoms with Crippen LogP contribution in [0.5, 0.6) is 5.75 Å². The van der Waals surface area contributed by atoms with Gasteiger partial charge in [0.1, 0.15) is 18.3 Å². The fourth-order valence-corrected chi connectivity index (χ4v) is 6.46. The predicted molar refractivity (Wildman–Crippen MR) is 156 cm³/mol. The van der Waals surface area contributed by atoms with Gasteiger partial charge in [0.05, 0.1) is 17.7 Å². The van der Waals surface area contributed by atoms with Gasteiger partial charge in [0.2, 0.25) is 11.8 Å². The molecular formula is C30H34ClN3O5S. The van der Waals surface area contributed by atoms with Crippen molar-refractivity contribution in [3.05, 3.63) is 89.4 Å². The van der Waals surface area contributed by atoms with Crippen molar-refractivity contribution in [1.82, 2.24) is 10.2 Å². The van der Waals surface area contributed by atoms with E-state index in [-0.39, 0.29) is 29.1 Å². The average Bonchev–Trinajstić information content (AvgIpc) is 3.47. The van der Waals surface area contributed by atoms with Gasteiger partial charge in [-0.1, -0.05) is 60.8 Å². The molecule has 0 bridgehead atoms. The molecule has 3 aromatic carbocycles. The Balaban J connectivity index is 1.69. The topological polar surface area (TPSA) is 96.0 Å². The highest BCUT2D eigenvalue weighted by Crippen LogP contribution is 2.28. The van der Waals surface area contributed by atoms with Crippen LogP contribution in [-0.4, -0.2) is 50.9 Å². The number of rotatable bonds is 11. The van der Waals surface area contributed by atoms with Gasteiger partial charge in [-0.15, -0.1) is 0 Å². The average molecular weight is 584 g/mol. The summed E-state index contributed by atoms with van der Waals surface area (Å²) in [4.78, 5) is 28.7. The molecule has 1 fully saturated rings. The van der Waals surface area contributed by atoms with Crippen molar-refractivity contribution < 1.29 is 22.7 Å². The first-order chi connectivity index (χ1) is 19.2. The number of carbonyl (C=O) groups excluding carboxylic acids is 2. The highest BCUT2D eigenvalue weighted by molar-refractivity contribution is 7.92. The Labute approximate surface area is 240 Å². The Kier molecular flexibility index (Phi) is 9.71. The number of nitrogens with one attached hydrogen (secondary N) is 1. The molecule has 0 aromatic heterocycles.